The molecule has 2 aliphatic heterocycles. The first-order valence-electron chi connectivity index (χ1n) is 7.31. The van der Waals surface area contributed by atoms with E-state index in [4.69, 9.17) is 4.74 Å². The summed E-state index contributed by atoms with van der Waals surface area (Å²) in [6, 6.07) is 5.39. The van der Waals surface area contributed by atoms with E-state index in [-0.39, 0.29) is 18.4 Å². The number of ether oxygens (including phenoxy) is 1. The lowest BCUT2D eigenvalue weighted by Gasteiger charge is -2.21. The number of amides is 2. The number of carbonyl (C=O) groups is 2. The molecule has 6 heteroatoms. The van der Waals surface area contributed by atoms with E-state index in [1.54, 1.807) is 17.0 Å². The topological polar surface area (TPSA) is 70.7 Å². The Morgan fingerprint density at radius 1 is 1.29 bits per heavy atom. The van der Waals surface area contributed by atoms with Crippen molar-refractivity contribution in [2.75, 3.05) is 38.1 Å². The molecule has 2 amide bonds. The second-order valence-corrected chi connectivity index (χ2v) is 5.23. The first-order chi connectivity index (χ1) is 10.3. The molecule has 3 rings (SSSR count). The van der Waals surface area contributed by atoms with Crippen LogP contribution in [-0.4, -0.2) is 49.5 Å². The van der Waals surface area contributed by atoms with Gasteiger partial charge in [0.2, 0.25) is 5.91 Å². The number of likely N-dealkylation sites (tertiary alicyclic amines) is 1. The van der Waals surface area contributed by atoms with Crippen LogP contribution in [0.3, 0.4) is 0 Å². The first kappa shape index (κ1) is 13.7. The number of nitrogens with zero attached hydrogens (tertiary/aromatic N) is 1. The Balaban J connectivity index is 1.64. The molecule has 0 radical (unpaired) electrons. The first-order valence-corrected chi connectivity index (χ1v) is 7.31. The standard InChI is InChI=1S/C15H19N3O3/c19-13(18-7-1-2-8-18)10-17-15(20)11-4-3-5-12-14(11)21-9-6-16-12/h3-5,16H,1-2,6-10H2,(H,17,20). The monoisotopic (exact) mass is 289 g/mol. The average Bonchev–Trinajstić information content (AvgIpc) is 3.06. The van der Waals surface area contributed by atoms with Crippen molar-refractivity contribution < 1.29 is 14.3 Å². The van der Waals surface area contributed by atoms with Gasteiger partial charge in [-0.1, -0.05) is 6.07 Å². The Kier molecular flexibility index (Phi) is 3.94. The number of nitrogens with one attached hydrogen (secondary N) is 2. The van der Waals surface area contributed by atoms with Crippen molar-refractivity contribution in [2.24, 2.45) is 0 Å². The highest BCUT2D eigenvalue weighted by Gasteiger charge is 2.21. The Morgan fingerprint density at radius 2 is 2.10 bits per heavy atom. The summed E-state index contributed by atoms with van der Waals surface area (Å²) in [7, 11) is 0. The molecular weight excluding hydrogens is 270 g/mol. The van der Waals surface area contributed by atoms with Gasteiger partial charge in [0, 0.05) is 19.6 Å². The number of anilines is 1. The molecular formula is C15H19N3O3. The van der Waals surface area contributed by atoms with Crippen LogP contribution in [0.1, 0.15) is 23.2 Å². The van der Waals surface area contributed by atoms with Gasteiger partial charge in [0.15, 0.2) is 5.75 Å². The molecule has 6 nitrogen and oxygen atoms in total. The predicted octanol–water partition coefficient (Wildman–Crippen LogP) is 0.843. The Morgan fingerprint density at radius 3 is 2.90 bits per heavy atom. The minimum atomic E-state index is -0.275. The molecule has 2 N–H and O–H groups in total. The molecule has 0 aliphatic carbocycles. The molecule has 1 fully saturated rings. The maximum Gasteiger partial charge on any atom is 0.255 e. The van der Waals surface area contributed by atoms with Crippen LogP contribution < -0.4 is 15.4 Å². The lowest BCUT2D eigenvalue weighted by Crippen LogP contribution is -2.38. The highest BCUT2D eigenvalue weighted by atomic mass is 16.5. The van der Waals surface area contributed by atoms with Crippen LogP contribution in [0, 0.1) is 0 Å². The number of hydrogen-bond acceptors (Lipinski definition) is 4. The van der Waals surface area contributed by atoms with E-state index in [1.165, 1.54) is 0 Å². The fourth-order valence-corrected chi connectivity index (χ4v) is 2.68. The maximum atomic E-state index is 12.2. The lowest BCUT2D eigenvalue weighted by molar-refractivity contribution is -0.129. The van der Waals surface area contributed by atoms with Crippen molar-refractivity contribution in [2.45, 2.75) is 12.8 Å². The minimum Gasteiger partial charge on any atom is -0.489 e. The smallest absolute Gasteiger partial charge is 0.255 e. The van der Waals surface area contributed by atoms with Gasteiger partial charge < -0.3 is 20.3 Å². The second kappa shape index (κ2) is 6.03. The van der Waals surface area contributed by atoms with Crippen LogP contribution in [0.4, 0.5) is 5.69 Å². The number of hydrogen-bond donors (Lipinski definition) is 2. The van der Waals surface area contributed by atoms with Crippen LogP contribution in [-0.2, 0) is 4.79 Å². The summed E-state index contributed by atoms with van der Waals surface area (Å²) in [6.45, 7) is 2.89. The van der Waals surface area contributed by atoms with Gasteiger partial charge >= 0.3 is 0 Å². The zero-order chi connectivity index (χ0) is 14.7. The molecule has 1 aromatic rings. The van der Waals surface area contributed by atoms with Crippen molar-refractivity contribution in [3.63, 3.8) is 0 Å². The van der Waals surface area contributed by atoms with E-state index >= 15 is 0 Å². The number of fused-ring (bicyclic) bond motifs is 1. The molecule has 2 aliphatic rings. The van der Waals surface area contributed by atoms with Crippen LogP contribution in [0.2, 0.25) is 0 Å². The Labute approximate surface area is 123 Å². The van der Waals surface area contributed by atoms with E-state index in [9.17, 15) is 9.59 Å². The van der Waals surface area contributed by atoms with Gasteiger partial charge in [-0.15, -0.1) is 0 Å². The van der Waals surface area contributed by atoms with Gasteiger partial charge in [0.25, 0.3) is 5.91 Å². The lowest BCUT2D eigenvalue weighted by atomic mass is 10.1. The quantitative estimate of drug-likeness (QED) is 0.865. The van der Waals surface area contributed by atoms with Crippen LogP contribution in [0.25, 0.3) is 0 Å². The van der Waals surface area contributed by atoms with Crippen molar-refractivity contribution in [3.05, 3.63) is 23.8 Å². The normalized spacial score (nSPS) is 16.7. The van der Waals surface area contributed by atoms with Crippen LogP contribution in [0.5, 0.6) is 5.75 Å². The summed E-state index contributed by atoms with van der Waals surface area (Å²) in [5.41, 5.74) is 1.29. The zero-order valence-corrected chi connectivity index (χ0v) is 11.9. The molecule has 0 aromatic heterocycles. The molecule has 0 saturated carbocycles. The van der Waals surface area contributed by atoms with Gasteiger partial charge in [-0.05, 0) is 25.0 Å². The summed E-state index contributed by atoms with van der Waals surface area (Å²) in [5, 5.41) is 5.88. The third kappa shape index (κ3) is 2.94. The van der Waals surface area contributed by atoms with Gasteiger partial charge in [0.05, 0.1) is 17.8 Å². The molecule has 2 heterocycles. The van der Waals surface area contributed by atoms with Crippen molar-refractivity contribution in [3.8, 4) is 5.75 Å². The SMILES string of the molecule is O=C(NCC(=O)N1CCCC1)c1cccc2c1OCCN2. The average molecular weight is 289 g/mol. The summed E-state index contributed by atoms with van der Waals surface area (Å²) in [6.07, 6.45) is 2.09. The van der Waals surface area contributed by atoms with E-state index in [2.05, 4.69) is 10.6 Å². The van der Waals surface area contributed by atoms with Crippen molar-refractivity contribution >= 4 is 17.5 Å². The fraction of sp³-hybridized carbons (Fsp3) is 0.467. The zero-order valence-electron chi connectivity index (χ0n) is 11.9. The maximum absolute atomic E-state index is 12.2. The number of benzene rings is 1. The number of carbonyl (C=O) groups excluding carboxylic acids is 2. The fourth-order valence-electron chi connectivity index (χ4n) is 2.68. The van der Waals surface area contributed by atoms with Crippen molar-refractivity contribution in [1.29, 1.82) is 0 Å². The van der Waals surface area contributed by atoms with E-state index in [1.807, 2.05) is 6.07 Å². The van der Waals surface area contributed by atoms with Gasteiger partial charge in [-0.25, -0.2) is 0 Å². The van der Waals surface area contributed by atoms with Gasteiger partial charge in [-0.2, -0.15) is 0 Å². The summed E-state index contributed by atoms with van der Waals surface area (Å²) < 4.78 is 5.56. The van der Waals surface area contributed by atoms with Crippen LogP contribution >= 0.6 is 0 Å². The summed E-state index contributed by atoms with van der Waals surface area (Å²) in [5.74, 6) is 0.266. The van der Waals surface area contributed by atoms with E-state index in [0.29, 0.717) is 17.9 Å². The van der Waals surface area contributed by atoms with E-state index < -0.39 is 0 Å². The molecule has 0 spiro atoms. The second-order valence-electron chi connectivity index (χ2n) is 5.23. The molecule has 0 atom stereocenters. The Hall–Kier alpha value is -2.24. The number of rotatable bonds is 3. The van der Waals surface area contributed by atoms with E-state index in [0.717, 1.165) is 38.2 Å². The molecule has 0 unspecified atom stereocenters. The third-order valence-corrected chi connectivity index (χ3v) is 3.78. The molecule has 1 saturated heterocycles. The largest absolute Gasteiger partial charge is 0.489 e. The highest BCUT2D eigenvalue weighted by Crippen LogP contribution is 2.30. The molecule has 112 valence electrons. The van der Waals surface area contributed by atoms with Crippen LogP contribution in [0.15, 0.2) is 18.2 Å². The molecule has 21 heavy (non-hydrogen) atoms. The third-order valence-electron chi connectivity index (χ3n) is 3.78. The van der Waals surface area contributed by atoms with Gasteiger partial charge in [-0.3, -0.25) is 9.59 Å². The molecule has 0 bridgehead atoms. The highest BCUT2D eigenvalue weighted by molar-refractivity contribution is 6.00. The predicted molar refractivity (Wildman–Crippen MR) is 78.6 cm³/mol. The summed E-state index contributed by atoms with van der Waals surface area (Å²) >= 11 is 0. The minimum absolute atomic E-state index is 0.0234. The van der Waals surface area contributed by atoms with Crippen molar-refractivity contribution in [1.82, 2.24) is 10.2 Å². The van der Waals surface area contributed by atoms with Gasteiger partial charge in [0.1, 0.15) is 6.61 Å². The number of para-hydroxylation sites is 1. The Bertz CT molecular complexity index is 553. The molecule has 1 aromatic carbocycles. The summed E-state index contributed by atoms with van der Waals surface area (Å²) in [4.78, 5) is 26.0.